The van der Waals surface area contributed by atoms with Crippen LogP contribution in [0.25, 0.3) is 0 Å². The molecule has 0 spiro atoms. The highest BCUT2D eigenvalue weighted by Gasteiger charge is 2.21. The number of halogens is 2. The number of anilines is 1. The maximum atomic E-state index is 12.2. The fourth-order valence-electron chi connectivity index (χ4n) is 1.53. The maximum Gasteiger partial charge on any atom is 0.243 e. The molecule has 114 valence electrons. The van der Waals surface area contributed by atoms with Crippen LogP contribution in [0.2, 0.25) is 0 Å². The minimum atomic E-state index is -3.65. The van der Waals surface area contributed by atoms with Crippen LogP contribution in [-0.2, 0) is 14.8 Å². The Morgan fingerprint density at radius 2 is 2.00 bits per heavy atom. The number of rotatable bonds is 8. The Hall–Kier alpha value is -0.150. The van der Waals surface area contributed by atoms with Crippen molar-refractivity contribution in [1.29, 1.82) is 0 Å². The summed E-state index contributed by atoms with van der Waals surface area (Å²) in [5, 5.41) is 0. The van der Waals surface area contributed by atoms with Gasteiger partial charge < -0.3 is 10.5 Å². The number of nitrogens with one attached hydrogen (secondary N) is 1. The van der Waals surface area contributed by atoms with E-state index >= 15 is 0 Å². The van der Waals surface area contributed by atoms with Gasteiger partial charge in [-0.3, -0.25) is 0 Å². The van der Waals surface area contributed by atoms with Gasteiger partial charge in [0.05, 0.1) is 12.3 Å². The fraction of sp³-hybridized carbons (Fsp3) is 0.500. The number of nitrogens with two attached hydrogens (primary N) is 1. The minimum Gasteiger partial charge on any atom is -0.398 e. The maximum absolute atomic E-state index is 12.2. The zero-order valence-corrected chi connectivity index (χ0v) is 15.1. The Kier molecular flexibility index (Phi) is 7.46. The molecule has 0 aromatic heterocycles. The first-order valence-electron chi connectivity index (χ1n) is 6.20. The Labute approximate surface area is 136 Å². The molecule has 0 unspecified atom stereocenters. The van der Waals surface area contributed by atoms with Crippen molar-refractivity contribution in [2.24, 2.45) is 0 Å². The fourth-order valence-corrected chi connectivity index (χ4v) is 4.61. The molecule has 0 aliphatic rings. The summed E-state index contributed by atoms with van der Waals surface area (Å²) in [6, 6.07) is 3.19. The molecule has 0 bridgehead atoms. The van der Waals surface area contributed by atoms with Crippen molar-refractivity contribution in [2.45, 2.75) is 24.7 Å². The first kappa shape index (κ1) is 17.9. The van der Waals surface area contributed by atoms with Gasteiger partial charge in [-0.05, 0) is 34.5 Å². The van der Waals surface area contributed by atoms with E-state index < -0.39 is 10.0 Å². The molecule has 1 rings (SSSR count). The van der Waals surface area contributed by atoms with Crippen LogP contribution in [0.4, 0.5) is 5.69 Å². The monoisotopic (exact) mass is 428 g/mol. The molecule has 1 aromatic rings. The third-order valence-electron chi connectivity index (χ3n) is 2.49. The summed E-state index contributed by atoms with van der Waals surface area (Å²) < 4.78 is 33.3. The third kappa shape index (κ3) is 5.33. The largest absolute Gasteiger partial charge is 0.398 e. The lowest BCUT2D eigenvalue weighted by Crippen LogP contribution is -2.28. The van der Waals surface area contributed by atoms with E-state index in [-0.39, 0.29) is 17.1 Å². The number of benzene rings is 1. The number of unbranched alkanes of at least 4 members (excludes halogenated alkanes) is 1. The third-order valence-corrected chi connectivity index (χ3v) is 5.41. The van der Waals surface area contributed by atoms with E-state index in [1.807, 2.05) is 0 Å². The molecule has 0 aliphatic carbocycles. The van der Waals surface area contributed by atoms with E-state index in [4.69, 9.17) is 10.5 Å². The van der Waals surface area contributed by atoms with E-state index in [1.165, 1.54) is 0 Å². The van der Waals surface area contributed by atoms with Crippen LogP contribution in [-0.4, -0.2) is 28.2 Å². The number of hydrogen-bond acceptors (Lipinski definition) is 4. The Morgan fingerprint density at radius 3 is 2.60 bits per heavy atom. The average molecular weight is 430 g/mol. The van der Waals surface area contributed by atoms with Crippen LogP contribution in [0.1, 0.15) is 19.8 Å². The summed E-state index contributed by atoms with van der Waals surface area (Å²) in [7, 11) is -3.65. The summed E-state index contributed by atoms with van der Waals surface area (Å²) in [6.07, 6.45) is 2.02. The minimum absolute atomic E-state index is 0.0502. The summed E-state index contributed by atoms with van der Waals surface area (Å²) >= 11 is 6.47. The van der Waals surface area contributed by atoms with Gasteiger partial charge in [-0.25, -0.2) is 13.1 Å². The van der Waals surface area contributed by atoms with Crippen LogP contribution in [0.5, 0.6) is 0 Å². The predicted molar refractivity (Wildman–Crippen MR) is 87.2 cm³/mol. The molecule has 20 heavy (non-hydrogen) atoms. The second-order valence-electron chi connectivity index (χ2n) is 4.17. The molecule has 0 fully saturated rings. The lowest BCUT2D eigenvalue weighted by Gasteiger charge is -2.11. The van der Waals surface area contributed by atoms with Gasteiger partial charge in [0.2, 0.25) is 10.0 Å². The van der Waals surface area contributed by atoms with E-state index in [2.05, 4.69) is 43.5 Å². The van der Waals surface area contributed by atoms with Crippen LogP contribution in [0, 0.1) is 0 Å². The lowest BCUT2D eigenvalue weighted by atomic mass is 10.3. The van der Waals surface area contributed by atoms with Crippen LogP contribution >= 0.6 is 31.9 Å². The lowest BCUT2D eigenvalue weighted by molar-refractivity contribution is 0.136. The Morgan fingerprint density at radius 1 is 1.30 bits per heavy atom. The summed E-state index contributed by atoms with van der Waals surface area (Å²) in [6.45, 7) is 3.27. The van der Waals surface area contributed by atoms with Crippen molar-refractivity contribution in [1.82, 2.24) is 4.72 Å². The second kappa shape index (κ2) is 8.33. The van der Waals surface area contributed by atoms with Crippen LogP contribution < -0.4 is 10.5 Å². The Balaban J connectivity index is 2.66. The Bertz CT molecular complexity index is 527. The molecular formula is C12H18Br2N2O3S. The highest BCUT2D eigenvalue weighted by molar-refractivity contribution is 9.11. The van der Waals surface area contributed by atoms with Gasteiger partial charge in [-0.1, -0.05) is 29.3 Å². The molecule has 0 aliphatic heterocycles. The van der Waals surface area contributed by atoms with Crippen molar-refractivity contribution >= 4 is 47.6 Å². The average Bonchev–Trinajstić information content (AvgIpc) is 2.31. The van der Waals surface area contributed by atoms with Gasteiger partial charge in [0.1, 0.15) is 4.90 Å². The van der Waals surface area contributed by atoms with Crippen molar-refractivity contribution in [2.75, 3.05) is 25.5 Å². The molecule has 5 nitrogen and oxygen atoms in total. The molecule has 0 radical (unpaired) electrons. The van der Waals surface area contributed by atoms with E-state index in [0.29, 0.717) is 22.2 Å². The zero-order chi connectivity index (χ0) is 15.2. The molecule has 0 saturated carbocycles. The summed E-state index contributed by atoms with van der Waals surface area (Å²) in [4.78, 5) is 0.0502. The molecule has 3 N–H and O–H groups in total. The topological polar surface area (TPSA) is 81.4 Å². The highest BCUT2D eigenvalue weighted by atomic mass is 79.9. The number of ether oxygens (including phenoxy) is 1. The van der Waals surface area contributed by atoms with Gasteiger partial charge in [0, 0.05) is 22.1 Å². The standard InChI is InChI=1S/C12H18Br2N2O3S/c1-2-3-5-19-6-4-16-20(17,18)12-10(14)7-9(13)8-11(12)15/h7-8,16H,2-6,15H2,1H3. The van der Waals surface area contributed by atoms with E-state index in [9.17, 15) is 8.42 Å². The van der Waals surface area contributed by atoms with Crippen molar-refractivity contribution < 1.29 is 13.2 Å². The smallest absolute Gasteiger partial charge is 0.243 e. The van der Waals surface area contributed by atoms with Gasteiger partial charge in [-0.15, -0.1) is 0 Å². The van der Waals surface area contributed by atoms with Gasteiger partial charge in [0.15, 0.2) is 0 Å². The van der Waals surface area contributed by atoms with Crippen LogP contribution in [0.15, 0.2) is 26.0 Å². The van der Waals surface area contributed by atoms with E-state index in [1.54, 1.807) is 12.1 Å². The molecule has 1 aromatic carbocycles. The number of sulfonamides is 1. The zero-order valence-electron chi connectivity index (χ0n) is 11.2. The molecule has 8 heteroatoms. The molecular weight excluding hydrogens is 412 g/mol. The first-order chi connectivity index (χ1) is 9.38. The quantitative estimate of drug-likeness (QED) is 0.491. The molecule has 0 heterocycles. The van der Waals surface area contributed by atoms with Gasteiger partial charge in [0.25, 0.3) is 0 Å². The number of nitrogen functional groups attached to an aromatic ring is 1. The van der Waals surface area contributed by atoms with Crippen molar-refractivity contribution in [3.05, 3.63) is 21.1 Å². The van der Waals surface area contributed by atoms with Gasteiger partial charge >= 0.3 is 0 Å². The highest BCUT2D eigenvalue weighted by Crippen LogP contribution is 2.31. The first-order valence-corrected chi connectivity index (χ1v) is 9.27. The van der Waals surface area contributed by atoms with Gasteiger partial charge in [-0.2, -0.15) is 0 Å². The summed E-state index contributed by atoms with van der Waals surface area (Å²) in [5.74, 6) is 0. The molecule has 0 amide bonds. The van der Waals surface area contributed by atoms with E-state index in [0.717, 1.165) is 12.8 Å². The SMILES string of the molecule is CCCCOCCNS(=O)(=O)c1c(N)cc(Br)cc1Br. The predicted octanol–water partition coefficient (Wildman–Crippen LogP) is 2.89. The van der Waals surface area contributed by atoms with Crippen molar-refractivity contribution in [3.63, 3.8) is 0 Å². The summed E-state index contributed by atoms with van der Waals surface area (Å²) in [5.41, 5.74) is 5.95. The molecule has 0 saturated heterocycles. The normalized spacial score (nSPS) is 11.8. The second-order valence-corrected chi connectivity index (χ2v) is 7.64. The van der Waals surface area contributed by atoms with Crippen molar-refractivity contribution in [3.8, 4) is 0 Å². The molecule has 0 atom stereocenters. The number of hydrogen-bond donors (Lipinski definition) is 2. The van der Waals surface area contributed by atoms with Crippen LogP contribution in [0.3, 0.4) is 0 Å².